The number of fused-ring (bicyclic) bond motifs is 1. The predicted octanol–water partition coefficient (Wildman–Crippen LogP) is 4.66. The Morgan fingerprint density at radius 2 is 1.74 bits per heavy atom. The molecule has 0 spiro atoms. The number of halogens is 3. The lowest BCUT2D eigenvalue weighted by atomic mass is 10.1. The second kappa shape index (κ2) is 9.50. The van der Waals surface area contributed by atoms with E-state index in [0.29, 0.717) is 30.6 Å². The van der Waals surface area contributed by atoms with Crippen LogP contribution in [0.3, 0.4) is 0 Å². The number of nitrogens with one attached hydrogen (secondary N) is 1. The van der Waals surface area contributed by atoms with E-state index in [1.165, 1.54) is 41.2 Å². The van der Waals surface area contributed by atoms with E-state index in [-0.39, 0.29) is 50.3 Å². The molecule has 192 valence electrons. The van der Waals surface area contributed by atoms with Gasteiger partial charge in [-0.3, -0.25) is 14.6 Å². The van der Waals surface area contributed by atoms with Crippen LogP contribution in [-0.2, 0) is 0 Å². The molecule has 1 aliphatic carbocycles. The number of benzene rings is 2. The zero-order valence-electron chi connectivity index (χ0n) is 19.8. The quantitative estimate of drug-likeness (QED) is 0.375. The van der Waals surface area contributed by atoms with E-state index in [1.54, 1.807) is 17.0 Å². The van der Waals surface area contributed by atoms with Gasteiger partial charge in [-0.25, -0.2) is 9.07 Å². The Bertz CT molecular complexity index is 1570. The Morgan fingerprint density at radius 3 is 2.45 bits per heavy atom. The van der Waals surface area contributed by atoms with Gasteiger partial charge in [-0.05, 0) is 48.2 Å². The van der Waals surface area contributed by atoms with Crippen LogP contribution in [0.1, 0.15) is 20.8 Å². The Kier molecular flexibility index (Phi) is 6.14. The fraction of sp³-hybridized carbons (Fsp3) is 0.185. The number of hydrogen-bond acceptors (Lipinski definition) is 5. The van der Waals surface area contributed by atoms with Gasteiger partial charge in [0, 0.05) is 37.0 Å². The number of hydrogen-bond donors (Lipinski definition) is 2. The molecule has 3 N–H and O–H groups in total. The van der Waals surface area contributed by atoms with Gasteiger partial charge in [-0.15, -0.1) is 0 Å². The van der Waals surface area contributed by atoms with Crippen LogP contribution in [0.2, 0.25) is 10.0 Å². The van der Waals surface area contributed by atoms with Crippen LogP contribution in [0.4, 0.5) is 10.2 Å². The molecule has 4 aromatic rings. The highest BCUT2D eigenvalue weighted by Crippen LogP contribution is 2.44. The molecule has 2 fully saturated rings. The van der Waals surface area contributed by atoms with Crippen LogP contribution in [0, 0.1) is 17.7 Å². The number of rotatable bonds is 5. The molecule has 3 atom stereocenters. The topological polar surface area (TPSA) is 106 Å². The third kappa shape index (κ3) is 4.32. The molecule has 38 heavy (non-hydrogen) atoms. The summed E-state index contributed by atoms with van der Waals surface area (Å²) in [6.45, 7) is 1.19. The molecule has 2 amide bonds. The molecular formula is C27H21Cl2FN6O2. The third-order valence-corrected chi connectivity index (χ3v) is 7.66. The van der Waals surface area contributed by atoms with Crippen LogP contribution < -0.4 is 11.1 Å². The first-order chi connectivity index (χ1) is 18.3. The first-order valence-corrected chi connectivity index (χ1v) is 12.7. The number of nitrogens with zero attached hydrogens (tertiary/aromatic N) is 4. The van der Waals surface area contributed by atoms with Gasteiger partial charge in [0.15, 0.2) is 5.69 Å². The van der Waals surface area contributed by atoms with Crippen LogP contribution in [0.25, 0.3) is 16.9 Å². The molecule has 6 rings (SSSR count). The number of amides is 2. The van der Waals surface area contributed by atoms with E-state index in [0.717, 1.165) is 0 Å². The van der Waals surface area contributed by atoms with E-state index in [9.17, 15) is 14.0 Å². The van der Waals surface area contributed by atoms with Gasteiger partial charge in [-0.1, -0.05) is 41.4 Å². The van der Waals surface area contributed by atoms with Gasteiger partial charge >= 0.3 is 0 Å². The summed E-state index contributed by atoms with van der Waals surface area (Å²) in [7, 11) is 0. The molecular weight excluding hydrogens is 530 g/mol. The number of anilines is 1. The first-order valence-electron chi connectivity index (χ1n) is 11.9. The van der Waals surface area contributed by atoms with E-state index in [2.05, 4.69) is 15.4 Å². The number of carbonyl (C=O) groups is 2. The van der Waals surface area contributed by atoms with E-state index in [4.69, 9.17) is 28.9 Å². The van der Waals surface area contributed by atoms with Crippen molar-refractivity contribution >= 4 is 40.8 Å². The first kappa shape index (κ1) is 24.5. The van der Waals surface area contributed by atoms with Crippen molar-refractivity contribution in [1.29, 1.82) is 0 Å². The fourth-order valence-corrected chi connectivity index (χ4v) is 5.47. The van der Waals surface area contributed by atoms with Gasteiger partial charge in [0.25, 0.3) is 11.8 Å². The predicted molar refractivity (Wildman–Crippen MR) is 142 cm³/mol. The minimum absolute atomic E-state index is 0.00573. The number of nitrogens with two attached hydrogens (primary N) is 1. The molecule has 3 heterocycles. The maximum absolute atomic E-state index is 14.4. The lowest BCUT2D eigenvalue weighted by Gasteiger charge is -2.17. The van der Waals surface area contributed by atoms with Crippen LogP contribution in [0.15, 0.2) is 66.9 Å². The Balaban J connectivity index is 1.34. The zero-order valence-corrected chi connectivity index (χ0v) is 21.3. The number of likely N-dealkylation sites (tertiary alicyclic amines) is 1. The Morgan fingerprint density at radius 1 is 1.00 bits per heavy atom. The Labute approximate surface area is 227 Å². The van der Waals surface area contributed by atoms with Crippen molar-refractivity contribution in [3.8, 4) is 16.9 Å². The highest BCUT2D eigenvalue weighted by Gasteiger charge is 2.54. The Hall–Kier alpha value is -3.79. The molecule has 8 nitrogen and oxygen atoms in total. The summed E-state index contributed by atoms with van der Waals surface area (Å²) in [6, 6.07) is 16.3. The molecule has 0 radical (unpaired) electrons. The van der Waals surface area contributed by atoms with Crippen LogP contribution in [0.5, 0.6) is 0 Å². The smallest absolute Gasteiger partial charge is 0.274 e. The summed E-state index contributed by atoms with van der Waals surface area (Å²) in [5, 5.41) is 7.53. The summed E-state index contributed by atoms with van der Waals surface area (Å²) in [6.07, 6.45) is 1.43. The third-order valence-electron chi connectivity index (χ3n) is 7.03. The average molecular weight is 551 g/mol. The maximum Gasteiger partial charge on any atom is 0.274 e. The number of pyridine rings is 1. The molecule has 2 aliphatic rings. The highest BCUT2D eigenvalue weighted by atomic mass is 35.5. The average Bonchev–Trinajstić information content (AvgIpc) is 3.26. The summed E-state index contributed by atoms with van der Waals surface area (Å²) < 4.78 is 15.9. The molecule has 1 aliphatic heterocycles. The van der Waals surface area contributed by atoms with Crippen molar-refractivity contribution < 1.29 is 14.0 Å². The number of para-hydroxylation sites is 1. The largest absolute Gasteiger partial charge is 0.337 e. The van der Waals surface area contributed by atoms with Crippen molar-refractivity contribution in [1.82, 2.24) is 19.7 Å². The van der Waals surface area contributed by atoms with Gasteiger partial charge < -0.3 is 16.0 Å². The van der Waals surface area contributed by atoms with Gasteiger partial charge in [0.05, 0.1) is 21.3 Å². The maximum atomic E-state index is 14.4. The van der Waals surface area contributed by atoms with Gasteiger partial charge in [0.2, 0.25) is 0 Å². The molecule has 1 saturated carbocycles. The lowest BCUT2D eigenvalue weighted by molar-refractivity contribution is 0.0766. The summed E-state index contributed by atoms with van der Waals surface area (Å²) in [4.78, 5) is 32.4. The zero-order chi connectivity index (χ0) is 26.6. The van der Waals surface area contributed by atoms with Gasteiger partial charge in [0.1, 0.15) is 17.3 Å². The monoisotopic (exact) mass is 550 g/mol. The lowest BCUT2D eigenvalue weighted by Crippen LogP contribution is -2.34. The minimum atomic E-state index is -0.589. The van der Waals surface area contributed by atoms with Gasteiger partial charge in [-0.2, -0.15) is 5.10 Å². The molecule has 1 unspecified atom stereocenters. The van der Waals surface area contributed by atoms with Crippen molar-refractivity contribution in [2.75, 3.05) is 18.4 Å². The minimum Gasteiger partial charge on any atom is -0.337 e. The molecule has 2 aromatic heterocycles. The second-order valence-corrected chi connectivity index (χ2v) is 10.2. The van der Waals surface area contributed by atoms with Crippen molar-refractivity contribution in [3.63, 3.8) is 0 Å². The van der Waals surface area contributed by atoms with Crippen molar-refractivity contribution in [3.05, 3.63) is 94.0 Å². The standard InChI is InChI=1S/C27H21Cl2FN6O2/c28-19-10-20(29)16(9-15(19)25-21(30)7-4-8-32-25)26(37)33-23-11-22(34-36(23)14-5-2-1-3-6-14)27(38)35-12-17-18(13-35)24(17)31/h1-11,17-18,24H,12-13,31H2,(H,33,37)/t17-,18+,24?. The molecule has 0 bridgehead atoms. The second-order valence-electron chi connectivity index (χ2n) is 9.38. The fourth-order valence-electron chi connectivity index (χ4n) is 4.91. The summed E-state index contributed by atoms with van der Waals surface area (Å²) in [5.41, 5.74) is 7.12. The van der Waals surface area contributed by atoms with E-state index >= 15 is 0 Å². The van der Waals surface area contributed by atoms with Crippen LogP contribution >= 0.6 is 23.2 Å². The van der Waals surface area contributed by atoms with Crippen molar-refractivity contribution in [2.45, 2.75) is 6.04 Å². The summed E-state index contributed by atoms with van der Waals surface area (Å²) >= 11 is 12.7. The molecule has 1 saturated heterocycles. The van der Waals surface area contributed by atoms with Crippen molar-refractivity contribution in [2.24, 2.45) is 17.6 Å². The van der Waals surface area contributed by atoms with E-state index < -0.39 is 11.7 Å². The SMILES string of the molecule is NC1[C@H]2CN(C(=O)c3cc(NC(=O)c4cc(-c5ncccc5F)c(Cl)cc4Cl)n(-c4ccccc4)n3)C[C@@H]12. The highest BCUT2D eigenvalue weighted by molar-refractivity contribution is 6.38. The number of piperidine rings is 1. The number of aromatic nitrogens is 3. The summed E-state index contributed by atoms with van der Waals surface area (Å²) in [5.74, 6) is -0.476. The van der Waals surface area contributed by atoms with E-state index in [1.807, 2.05) is 18.2 Å². The van der Waals surface area contributed by atoms with Crippen LogP contribution in [-0.4, -0.2) is 50.6 Å². The molecule has 2 aromatic carbocycles. The normalized spacial score (nSPS) is 19.8. The number of carbonyl (C=O) groups excluding carboxylic acids is 2. The molecule has 11 heteroatoms.